The highest BCUT2D eigenvalue weighted by atomic mass is 15.4. The van der Waals surface area contributed by atoms with Crippen LogP contribution >= 0.6 is 0 Å². The average molecular weight is 329 g/mol. The van der Waals surface area contributed by atoms with Gasteiger partial charge in [0.15, 0.2) is 0 Å². The first-order valence-corrected chi connectivity index (χ1v) is 8.91. The van der Waals surface area contributed by atoms with E-state index in [0.29, 0.717) is 0 Å². The van der Waals surface area contributed by atoms with Gasteiger partial charge in [0.25, 0.3) is 0 Å². The molecule has 4 nitrogen and oxygen atoms in total. The molecule has 0 aromatic heterocycles. The molecule has 0 bridgehead atoms. The second kappa shape index (κ2) is 6.61. The Morgan fingerprint density at radius 1 is 0.750 bits per heavy atom. The third kappa shape index (κ3) is 4.19. The predicted octanol–water partition coefficient (Wildman–Crippen LogP) is 2.41. The van der Waals surface area contributed by atoms with Crippen LogP contribution in [0.3, 0.4) is 0 Å². The summed E-state index contributed by atoms with van der Waals surface area (Å²) in [6, 6.07) is 9.27. The van der Waals surface area contributed by atoms with E-state index in [1.165, 1.54) is 24.2 Å². The van der Waals surface area contributed by atoms with Gasteiger partial charge in [-0.05, 0) is 0 Å². The summed E-state index contributed by atoms with van der Waals surface area (Å²) in [7, 11) is 8.92. The molecule has 0 saturated carbocycles. The second-order valence-corrected chi connectivity index (χ2v) is 8.10. The Morgan fingerprint density at radius 2 is 1.12 bits per heavy atom. The number of quaternary nitrogens is 2. The standard InChI is InChI=1S/C20H32N4/c1-21-9-13-23(3,14-10-21)17-19-5-7-20(8-6-19)18-24(4)15-11-22(2)12-16-24/h5-9,11,13,15H,10,12,14,16-18H2,1-4H3/q+2. The molecule has 1 aromatic rings. The summed E-state index contributed by atoms with van der Waals surface area (Å²) < 4.78 is 1.99. The number of nitrogens with zero attached hydrogens (tertiary/aromatic N) is 4. The molecule has 0 N–H and O–H groups in total. The predicted molar refractivity (Wildman–Crippen MR) is 99.5 cm³/mol. The maximum atomic E-state index is 2.32. The van der Waals surface area contributed by atoms with Crippen molar-refractivity contribution in [1.82, 2.24) is 9.80 Å². The van der Waals surface area contributed by atoms with Crippen molar-refractivity contribution in [3.8, 4) is 0 Å². The Morgan fingerprint density at radius 3 is 1.42 bits per heavy atom. The molecule has 0 saturated heterocycles. The van der Waals surface area contributed by atoms with Crippen LogP contribution in [-0.4, -0.2) is 73.1 Å². The molecule has 2 unspecified atom stereocenters. The van der Waals surface area contributed by atoms with Crippen LogP contribution in [0.4, 0.5) is 0 Å². The normalized spacial score (nSPS) is 30.0. The van der Waals surface area contributed by atoms with Crippen molar-refractivity contribution in [2.45, 2.75) is 13.1 Å². The Labute approximate surface area is 147 Å². The minimum absolute atomic E-state index is 0.993. The second-order valence-electron chi connectivity index (χ2n) is 8.10. The SMILES string of the molecule is CN1C=C[N+](C)(Cc2ccc(C[N+]3(C)C=CN(C)CC3)cc2)CC1. The lowest BCUT2D eigenvalue weighted by Gasteiger charge is -2.36. The van der Waals surface area contributed by atoms with Crippen LogP contribution in [0.2, 0.25) is 0 Å². The van der Waals surface area contributed by atoms with Gasteiger partial charge in [-0.3, -0.25) is 8.97 Å². The van der Waals surface area contributed by atoms with Crippen molar-refractivity contribution < 1.29 is 8.97 Å². The van der Waals surface area contributed by atoms with Crippen molar-refractivity contribution in [3.63, 3.8) is 0 Å². The van der Waals surface area contributed by atoms with Crippen molar-refractivity contribution in [2.75, 3.05) is 54.4 Å². The third-order valence-corrected chi connectivity index (χ3v) is 5.40. The molecule has 0 radical (unpaired) electrons. The topological polar surface area (TPSA) is 6.48 Å². The number of likely N-dealkylation sites (N-methyl/N-ethyl adjacent to an activating group) is 4. The first kappa shape index (κ1) is 17.1. The molecule has 0 amide bonds. The zero-order valence-corrected chi connectivity index (χ0v) is 15.7. The van der Waals surface area contributed by atoms with Crippen molar-refractivity contribution in [3.05, 3.63) is 60.2 Å². The smallest absolute Gasteiger partial charge is 0.112 e. The lowest BCUT2D eigenvalue weighted by atomic mass is 10.1. The molecule has 2 aliphatic rings. The van der Waals surface area contributed by atoms with Gasteiger partial charge in [0.2, 0.25) is 0 Å². The van der Waals surface area contributed by atoms with E-state index >= 15 is 0 Å². The first-order valence-electron chi connectivity index (χ1n) is 8.91. The average Bonchev–Trinajstić information content (AvgIpc) is 2.56. The van der Waals surface area contributed by atoms with E-state index in [2.05, 4.69) is 87.1 Å². The minimum Gasteiger partial charge on any atom is -0.371 e. The van der Waals surface area contributed by atoms with Gasteiger partial charge in [-0.2, -0.15) is 0 Å². The van der Waals surface area contributed by atoms with Crippen LogP contribution < -0.4 is 0 Å². The fraction of sp³-hybridized carbons (Fsp3) is 0.500. The molecular weight excluding hydrogens is 296 g/mol. The van der Waals surface area contributed by atoms with Crippen LogP contribution in [-0.2, 0) is 13.1 Å². The van der Waals surface area contributed by atoms with E-state index in [-0.39, 0.29) is 0 Å². The lowest BCUT2D eigenvalue weighted by molar-refractivity contribution is -0.875. The summed E-state index contributed by atoms with van der Waals surface area (Å²) in [6.45, 7) is 6.73. The highest BCUT2D eigenvalue weighted by Gasteiger charge is 2.25. The maximum Gasteiger partial charge on any atom is 0.112 e. The Bertz CT molecular complexity index is 566. The van der Waals surface area contributed by atoms with Gasteiger partial charge in [0.05, 0.1) is 39.6 Å². The van der Waals surface area contributed by atoms with E-state index in [9.17, 15) is 0 Å². The van der Waals surface area contributed by atoms with E-state index in [4.69, 9.17) is 0 Å². The largest absolute Gasteiger partial charge is 0.371 e. The lowest BCUT2D eigenvalue weighted by Crippen LogP contribution is -2.46. The van der Waals surface area contributed by atoms with Crippen molar-refractivity contribution in [1.29, 1.82) is 0 Å². The van der Waals surface area contributed by atoms with Gasteiger partial charge in [0.1, 0.15) is 38.6 Å². The quantitative estimate of drug-likeness (QED) is 0.783. The molecule has 4 heteroatoms. The summed E-state index contributed by atoms with van der Waals surface area (Å²) in [5, 5.41) is 0. The van der Waals surface area contributed by atoms with Crippen LogP contribution in [0.5, 0.6) is 0 Å². The molecule has 2 heterocycles. The molecule has 130 valence electrons. The van der Waals surface area contributed by atoms with Crippen LogP contribution in [0.1, 0.15) is 11.1 Å². The van der Waals surface area contributed by atoms with Gasteiger partial charge < -0.3 is 9.80 Å². The van der Waals surface area contributed by atoms with E-state index in [0.717, 1.165) is 35.1 Å². The minimum atomic E-state index is 0.993. The number of benzene rings is 1. The van der Waals surface area contributed by atoms with Crippen LogP contribution in [0.15, 0.2) is 49.1 Å². The molecule has 2 aliphatic heterocycles. The zero-order chi connectivity index (χ0) is 17.2. The van der Waals surface area contributed by atoms with E-state index < -0.39 is 0 Å². The molecule has 2 atom stereocenters. The third-order valence-electron chi connectivity index (χ3n) is 5.40. The highest BCUT2D eigenvalue weighted by Crippen LogP contribution is 2.20. The fourth-order valence-electron chi connectivity index (χ4n) is 3.47. The molecule has 24 heavy (non-hydrogen) atoms. The van der Waals surface area contributed by atoms with E-state index in [1.807, 2.05) is 0 Å². The number of rotatable bonds is 4. The monoisotopic (exact) mass is 328 g/mol. The summed E-state index contributed by atoms with van der Waals surface area (Å²) in [6.07, 6.45) is 9.06. The highest BCUT2D eigenvalue weighted by molar-refractivity contribution is 5.21. The zero-order valence-electron chi connectivity index (χ0n) is 15.7. The van der Waals surface area contributed by atoms with Gasteiger partial charge in [-0.15, -0.1) is 0 Å². The summed E-state index contributed by atoms with van der Waals surface area (Å²) in [5.74, 6) is 0. The van der Waals surface area contributed by atoms with Gasteiger partial charge in [-0.1, -0.05) is 24.3 Å². The van der Waals surface area contributed by atoms with Crippen molar-refractivity contribution >= 4 is 0 Å². The van der Waals surface area contributed by atoms with Crippen LogP contribution in [0, 0.1) is 0 Å². The van der Waals surface area contributed by atoms with Gasteiger partial charge in [-0.25, -0.2) is 0 Å². The number of hydrogen-bond donors (Lipinski definition) is 0. The van der Waals surface area contributed by atoms with E-state index in [1.54, 1.807) is 0 Å². The molecule has 1 aromatic carbocycles. The van der Waals surface area contributed by atoms with Gasteiger partial charge in [0, 0.05) is 25.2 Å². The van der Waals surface area contributed by atoms with Gasteiger partial charge >= 0.3 is 0 Å². The summed E-state index contributed by atoms with van der Waals surface area (Å²) in [4.78, 5) is 4.52. The van der Waals surface area contributed by atoms with Crippen molar-refractivity contribution in [2.24, 2.45) is 0 Å². The Hall–Kier alpha value is -1.78. The fourth-order valence-corrected chi connectivity index (χ4v) is 3.47. The summed E-state index contributed by atoms with van der Waals surface area (Å²) >= 11 is 0. The molecule has 0 spiro atoms. The molecule has 0 fully saturated rings. The molecule has 0 aliphatic carbocycles. The molecule has 3 rings (SSSR count). The summed E-state index contributed by atoms with van der Waals surface area (Å²) in [5.41, 5.74) is 2.85. The van der Waals surface area contributed by atoms with Crippen LogP contribution in [0.25, 0.3) is 0 Å². The Balaban J connectivity index is 1.64. The number of hydrogen-bond acceptors (Lipinski definition) is 2. The maximum absolute atomic E-state index is 2.32. The Kier molecular flexibility index (Phi) is 4.70. The molecular formula is C20H32N4+2. The first-order chi connectivity index (χ1) is 11.4.